The van der Waals surface area contributed by atoms with E-state index in [1.54, 1.807) is 26.0 Å². The van der Waals surface area contributed by atoms with Gasteiger partial charge in [-0.05, 0) is 12.1 Å². The van der Waals surface area contributed by atoms with E-state index in [1.165, 1.54) is 6.26 Å². The summed E-state index contributed by atoms with van der Waals surface area (Å²) in [5.41, 5.74) is 4.87. The molecule has 0 saturated heterocycles. The number of hydrogen-bond donors (Lipinski definition) is 3. The summed E-state index contributed by atoms with van der Waals surface area (Å²) in [4.78, 5) is 11.5. The maximum Gasteiger partial charge on any atom is 0.287 e. The highest BCUT2D eigenvalue weighted by Gasteiger charge is 2.24. The van der Waals surface area contributed by atoms with Crippen molar-refractivity contribution in [3.63, 3.8) is 0 Å². The second kappa shape index (κ2) is 4.69. The van der Waals surface area contributed by atoms with Gasteiger partial charge in [0, 0.05) is 12.0 Å². The molecular weight excluding hydrogens is 210 g/mol. The minimum Gasteiger partial charge on any atom is -0.459 e. The summed E-state index contributed by atoms with van der Waals surface area (Å²) in [5.74, 6) is -0.0358. The number of carbonyl (C=O) groups is 1. The van der Waals surface area contributed by atoms with Crippen molar-refractivity contribution >= 4 is 11.7 Å². The maximum absolute atomic E-state index is 11.5. The van der Waals surface area contributed by atoms with Gasteiger partial charge in [-0.2, -0.15) is 0 Å². The molecule has 0 bridgehead atoms. The zero-order chi connectivity index (χ0) is 12.2. The molecule has 16 heavy (non-hydrogen) atoms. The Morgan fingerprint density at radius 2 is 2.38 bits per heavy atom. The fourth-order valence-corrected chi connectivity index (χ4v) is 1.02. The summed E-state index contributed by atoms with van der Waals surface area (Å²) < 4.78 is 4.92. The number of hydrogen-bond acceptors (Lipinski definition) is 4. The van der Waals surface area contributed by atoms with Crippen molar-refractivity contribution in [1.29, 1.82) is 0 Å². The van der Waals surface area contributed by atoms with Crippen molar-refractivity contribution in [1.82, 2.24) is 5.32 Å². The van der Waals surface area contributed by atoms with E-state index in [2.05, 4.69) is 10.5 Å². The molecule has 0 saturated carbocycles. The lowest BCUT2D eigenvalue weighted by molar-refractivity contribution is 0.0916. The fraction of sp³-hybridized carbons (Fsp3) is 0.400. The molecule has 0 fully saturated rings. The van der Waals surface area contributed by atoms with Gasteiger partial charge in [0.05, 0.1) is 6.26 Å². The molecule has 88 valence electrons. The smallest absolute Gasteiger partial charge is 0.287 e. The number of amides is 1. The standard InChI is InChI=1S/C10H15N3O3/c1-10(2,9(11)13-15)6-12-8(14)7-4-3-5-16-7/h3-5,15H,6H2,1-2H3,(H2,11,13)(H,12,14). The van der Waals surface area contributed by atoms with Gasteiger partial charge in [-0.25, -0.2) is 0 Å². The van der Waals surface area contributed by atoms with E-state index in [9.17, 15) is 4.79 Å². The lowest BCUT2D eigenvalue weighted by Crippen LogP contribution is -2.42. The predicted octanol–water partition coefficient (Wildman–Crippen LogP) is 0.782. The van der Waals surface area contributed by atoms with E-state index in [4.69, 9.17) is 15.4 Å². The average Bonchev–Trinajstić information content (AvgIpc) is 2.78. The number of furan rings is 1. The molecule has 1 aromatic rings. The molecule has 6 nitrogen and oxygen atoms in total. The highest BCUT2D eigenvalue weighted by Crippen LogP contribution is 2.13. The topological polar surface area (TPSA) is 101 Å². The van der Waals surface area contributed by atoms with Crippen LogP contribution in [-0.4, -0.2) is 23.5 Å². The molecule has 0 radical (unpaired) electrons. The van der Waals surface area contributed by atoms with Crippen molar-refractivity contribution in [3.05, 3.63) is 24.2 Å². The Morgan fingerprint density at radius 1 is 1.69 bits per heavy atom. The molecule has 1 heterocycles. The molecule has 6 heteroatoms. The van der Waals surface area contributed by atoms with Crippen LogP contribution >= 0.6 is 0 Å². The summed E-state index contributed by atoms with van der Waals surface area (Å²) in [7, 11) is 0. The van der Waals surface area contributed by atoms with Gasteiger partial charge in [-0.15, -0.1) is 0 Å². The third-order valence-corrected chi connectivity index (χ3v) is 2.24. The Hall–Kier alpha value is -1.98. The van der Waals surface area contributed by atoms with E-state index in [1.807, 2.05) is 0 Å². The number of carbonyl (C=O) groups excluding carboxylic acids is 1. The summed E-state index contributed by atoms with van der Waals surface area (Å²) in [5, 5.41) is 14.1. The van der Waals surface area contributed by atoms with Crippen molar-refractivity contribution in [2.75, 3.05) is 6.54 Å². The molecule has 0 unspecified atom stereocenters. The highest BCUT2D eigenvalue weighted by atomic mass is 16.4. The molecule has 1 aromatic heterocycles. The van der Waals surface area contributed by atoms with Crippen LogP contribution in [-0.2, 0) is 0 Å². The Kier molecular flexibility index (Phi) is 3.55. The normalized spacial score (nSPS) is 12.5. The van der Waals surface area contributed by atoms with Crippen molar-refractivity contribution in [2.45, 2.75) is 13.8 Å². The van der Waals surface area contributed by atoms with E-state index in [0.717, 1.165) is 0 Å². The first-order valence-electron chi connectivity index (χ1n) is 4.77. The number of rotatable bonds is 4. The first kappa shape index (κ1) is 12.1. The van der Waals surface area contributed by atoms with Gasteiger partial charge in [0.15, 0.2) is 5.76 Å². The monoisotopic (exact) mass is 225 g/mol. The third kappa shape index (κ3) is 2.75. The van der Waals surface area contributed by atoms with E-state index >= 15 is 0 Å². The van der Waals surface area contributed by atoms with E-state index in [-0.39, 0.29) is 24.0 Å². The van der Waals surface area contributed by atoms with Crippen molar-refractivity contribution in [2.24, 2.45) is 16.3 Å². The minimum absolute atomic E-state index is 0.0623. The molecule has 0 aliphatic rings. The molecule has 0 atom stereocenters. The number of oxime groups is 1. The molecule has 0 aliphatic carbocycles. The molecule has 0 aliphatic heterocycles. The number of nitrogens with one attached hydrogen (secondary N) is 1. The number of amidine groups is 1. The first-order valence-corrected chi connectivity index (χ1v) is 4.77. The SMILES string of the molecule is CC(C)(CNC(=O)c1ccco1)/C(N)=N/O. The highest BCUT2D eigenvalue weighted by molar-refractivity contribution is 5.92. The Morgan fingerprint density at radius 3 is 2.88 bits per heavy atom. The second-order valence-corrected chi connectivity index (χ2v) is 4.03. The fourth-order valence-electron chi connectivity index (χ4n) is 1.02. The minimum atomic E-state index is -0.614. The molecular formula is C10H15N3O3. The molecule has 0 spiro atoms. The summed E-state index contributed by atoms with van der Waals surface area (Å²) >= 11 is 0. The van der Waals surface area contributed by atoms with Crippen LogP contribution in [0.3, 0.4) is 0 Å². The van der Waals surface area contributed by atoms with Crippen LogP contribution < -0.4 is 11.1 Å². The van der Waals surface area contributed by atoms with Crippen LogP contribution in [0.1, 0.15) is 24.4 Å². The first-order chi connectivity index (χ1) is 7.47. The van der Waals surface area contributed by atoms with Crippen LogP contribution in [0, 0.1) is 5.41 Å². The summed E-state index contributed by atoms with van der Waals surface area (Å²) in [6.07, 6.45) is 1.42. The second-order valence-electron chi connectivity index (χ2n) is 4.03. The Balaban J connectivity index is 2.55. The van der Waals surface area contributed by atoms with Crippen LogP contribution in [0.25, 0.3) is 0 Å². The van der Waals surface area contributed by atoms with Crippen LogP contribution in [0.2, 0.25) is 0 Å². The lowest BCUT2D eigenvalue weighted by Gasteiger charge is -2.22. The number of nitrogens with two attached hydrogens (primary N) is 1. The van der Waals surface area contributed by atoms with Crippen molar-refractivity contribution in [3.8, 4) is 0 Å². The van der Waals surface area contributed by atoms with E-state index < -0.39 is 5.41 Å². The quantitative estimate of drug-likeness (QED) is 0.305. The number of nitrogens with zero attached hydrogens (tertiary/aromatic N) is 1. The zero-order valence-corrected chi connectivity index (χ0v) is 9.23. The predicted molar refractivity (Wildman–Crippen MR) is 58.2 cm³/mol. The molecule has 1 rings (SSSR count). The van der Waals surface area contributed by atoms with Gasteiger partial charge in [-0.1, -0.05) is 19.0 Å². The zero-order valence-electron chi connectivity index (χ0n) is 9.23. The third-order valence-electron chi connectivity index (χ3n) is 2.24. The van der Waals surface area contributed by atoms with Crippen LogP contribution in [0.15, 0.2) is 28.0 Å². The van der Waals surface area contributed by atoms with Gasteiger partial charge in [-0.3, -0.25) is 4.79 Å². The molecule has 1 amide bonds. The maximum atomic E-state index is 11.5. The average molecular weight is 225 g/mol. The van der Waals surface area contributed by atoms with Crippen molar-refractivity contribution < 1.29 is 14.4 Å². The van der Waals surface area contributed by atoms with Gasteiger partial charge in [0.1, 0.15) is 5.84 Å². The summed E-state index contributed by atoms with van der Waals surface area (Å²) in [6.45, 7) is 3.76. The van der Waals surface area contributed by atoms with Crippen LogP contribution in [0.4, 0.5) is 0 Å². The Labute approximate surface area is 93.1 Å². The molecule has 0 aromatic carbocycles. The van der Waals surface area contributed by atoms with Gasteiger partial charge >= 0.3 is 0 Å². The largest absolute Gasteiger partial charge is 0.459 e. The van der Waals surface area contributed by atoms with E-state index in [0.29, 0.717) is 0 Å². The van der Waals surface area contributed by atoms with Gasteiger partial charge in [0.25, 0.3) is 5.91 Å². The lowest BCUT2D eigenvalue weighted by atomic mass is 9.92. The molecule has 4 N–H and O–H groups in total. The van der Waals surface area contributed by atoms with Gasteiger partial charge < -0.3 is 20.7 Å². The Bertz CT molecular complexity index is 382. The van der Waals surface area contributed by atoms with Gasteiger partial charge in [0.2, 0.25) is 0 Å². The van der Waals surface area contributed by atoms with Crippen LogP contribution in [0.5, 0.6) is 0 Å². The summed E-state index contributed by atoms with van der Waals surface area (Å²) in [6, 6.07) is 3.19.